The number of nitrogens with zero attached hydrogens (tertiary/aromatic N) is 2. The van der Waals surface area contributed by atoms with Gasteiger partial charge in [0.1, 0.15) is 5.75 Å². The zero-order valence-corrected chi connectivity index (χ0v) is 18.7. The maximum atomic E-state index is 12.7. The summed E-state index contributed by atoms with van der Waals surface area (Å²) in [5, 5.41) is 15.4. The van der Waals surface area contributed by atoms with E-state index in [4.69, 9.17) is 4.74 Å². The number of carbonyl (C=O) groups is 1. The Morgan fingerprint density at radius 1 is 1.28 bits per heavy atom. The van der Waals surface area contributed by atoms with Crippen LogP contribution < -0.4 is 15.4 Å². The van der Waals surface area contributed by atoms with Crippen LogP contribution in [0.3, 0.4) is 0 Å². The highest BCUT2D eigenvalue weighted by Crippen LogP contribution is 2.49. The minimum absolute atomic E-state index is 0.0859. The molecule has 5 unspecified atom stereocenters. The number of aromatic nitrogens is 2. The second-order valence-corrected chi connectivity index (χ2v) is 10.7. The molecule has 1 aromatic heterocycles. The Bertz CT molecular complexity index is 859. The monoisotopic (exact) mass is 432 g/mol. The van der Waals surface area contributed by atoms with Gasteiger partial charge in [0, 0.05) is 17.8 Å². The van der Waals surface area contributed by atoms with Crippen molar-refractivity contribution in [3.8, 4) is 5.75 Å². The molecule has 2 N–H and O–H groups in total. The zero-order valence-electron chi connectivity index (χ0n) is 17.1. The van der Waals surface area contributed by atoms with E-state index in [9.17, 15) is 4.79 Å². The van der Waals surface area contributed by atoms with Crippen LogP contribution in [0, 0.1) is 17.8 Å². The maximum Gasteiger partial charge on any atom is 0.233 e. The molecule has 4 rings (SSSR count). The van der Waals surface area contributed by atoms with Gasteiger partial charge in [0.05, 0.1) is 12.4 Å². The van der Waals surface area contributed by atoms with E-state index in [1.807, 2.05) is 31.2 Å². The average Bonchev–Trinajstić information content (AvgIpc) is 3.45. The van der Waals surface area contributed by atoms with Crippen LogP contribution in [0.4, 0.5) is 10.8 Å². The molecule has 2 bridgehead atoms. The fourth-order valence-corrected chi connectivity index (χ4v) is 6.62. The number of fused-ring (bicyclic) bond motifs is 2. The number of methoxy groups -OCH3 is 1. The third-order valence-electron chi connectivity index (χ3n) is 6.18. The molecule has 0 aliphatic heterocycles. The van der Waals surface area contributed by atoms with Gasteiger partial charge >= 0.3 is 0 Å². The molecule has 1 amide bonds. The van der Waals surface area contributed by atoms with Crippen molar-refractivity contribution in [2.45, 2.75) is 55.2 Å². The summed E-state index contributed by atoms with van der Waals surface area (Å²) in [6.45, 7) is 4.10. The number of amides is 1. The Labute approximate surface area is 180 Å². The average molecular weight is 433 g/mol. The van der Waals surface area contributed by atoms with Gasteiger partial charge in [-0.15, -0.1) is 10.2 Å². The quantitative estimate of drug-likeness (QED) is 0.588. The summed E-state index contributed by atoms with van der Waals surface area (Å²) in [5.41, 5.74) is 0.891. The van der Waals surface area contributed by atoms with Crippen LogP contribution >= 0.6 is 23.1 Å². The minimum atomic E-state index is -0.200. The van der Waals surface area contributed by atoms with Gasteiger partial charge in [0.25, 0.3) is 0 Å². The lowest BCUT2D eigenvalue weighted by Gasteiger charge is -2.29. The van der Waals surface area contributed by atoms with E-state index in [0.717, 1.165) is 27.6 Å². The number of hydrogen-bond donors (Lipinski definition) is 2. The number of benzene rings is 1. The molecular formula is C21H28N4O2S2. The highest BCUT2D eigenvalue weighted by molar-refractivity contribution is 8.02. The number of anilines is 2. The van der Waals surface area contributed by atoms with Crippen LogP contribution in [-0.2, 0) is 4.79 Å². The minimum Gasteiger partial charge on any atom is -0.497 e. The first-order valence-corrected chi connectivity index (χ1v) is 11.9. The molecule has 1 aromatic carbocycles. The molecule has 6 nitrogen and oxygen atoms in total. The highest BCUT2D eigenvalue weighted by Gasteiger charge is 2.42. The summed E-state index contributed by atoms with van der Waals surface area (Å²) >= 11 is 2.91. The molecule has 0 spiro atoms. The summed E-state index contributed by atoms with van der Waals surface area (Å²) in [5.74, 6) is 3.22. The van der Waals surface area contributed by atoms with Crippen molar-refractivity contribution >= 4 is 39.8 Å². The summed E-state index contributed by atoms with van der Waals surface area (Å²) in [6.07, 6.45) is 5.37. The standard InChI is InChI=1S/C21H28N4O2S2/c1-12(18-10-14-7-8-15(18)9-14)22-19(26)13(2)28-21-25-24-20(29-21)23-16-5-4-6-17(11-16)27-3/h4-6,11-15,18H,7-10H2,1-3H3,(H,22,26)(H,23,24). The molecule has 0 saturated heterocycles. The second kappa shape index (κ2) is 8.92. The van der Waals surface area contributed by atoms with Crippen molar-refractivity contribution < 1.29 is 9.53 Å². The van der Waals surface area contributed by atoms with Gasteiger partial charge < -0.3 is 15.4 Å². The lowest BCUT2D eigenvalue weighted by Crippen LogP contribution is -2.43. The molecule has 29 heavy (non-hydrogen) atoms. The number of rotatable bonds is 8. The van der Waals surface area contributed by atoms with Crippen LogP contribution in [0.5, 0.6) is 5.75 Å². The third-order valence-corrected chi connectivity index (χ3v) is 8.20. The molecule has 2 saturated carbocycles. The third kappa shape index (κ3) is 4.86. The van der Waals surface area contributed by atoms with Gasteiger partial charge in [-0.2, -0.15) is 0 Å². The van der Waals surface area contributed by atoms with Crippen LogP contribution in [0.2, 0.25) is 0 Å². The van der Waals surface area contributed by atoms with Crippen molar-refractivity contribution in [1.29, 1.82) is 0 Å². The number of thioether (sulfide) groups is 1. The van der Waals surface area contributed by atoms with E-state index < -0.39 is 0 Å². The smallest absolute Gasteiger partial charge is 0.233 e. The predicted octanol–water partition coefficient (Wildman–Crippen LogP) is 4.71. The summed E-state index contributed by atoms with van der Waals surface area (Å²) in [4.78, 5) is 12.7. The zero-order chi connectivity index (χ0) is 20.4. The molecule has 2 aliphatic rings. The van der Waals surface area contributed by atoms with Crippen LogP contribution in [0.1, 0.15) is 39.5 Å². The molecule has 2 fully saturated rings. The molecule has 2 aromatic rings. The van der Waals surface area contributed by atoms with Crippen molar-refractivity contribution in [1.82, 2.24) is 15.5 Å². The summed E-state index contributed by atoms with van der Waals surface area (Å²) in [6, 6.07) is 7.91. The SMILES string of the molecule is COc1cccc(Nc2nnc(SC(C)C(=O)NC(C)C3CC4CCC3C4)s2)c1. The Kier molecular flexibility index (Phi) is 6.29. The van der Waals surface area contributed by atoms with E-state index in [2.05, 4.69) is 27.8 Å². The number of nitrogens with one attached hydrogen (secondary N) is 2. The molecule has 0 radical (unpaired) electrons. The highest BCUT2D eigenvalue weighted by atomic mass is 32.2. The topological polar surface area (TPSA) is 76.1 Å². The van der Waals surface area contributed by atoms with Crippen LogP contribution in [0.15, 0.2) is 28.6 Å². The van der Waals surface area contributed by atoms with Gasteiger partial charge in [-0.1, -0.05) is 35.6 Å². The Balaban J connectivity index is 1.29. The first-order chi connectivity index (χ1) is 14.0. The molecule has 5 atom stereocenters. The van der Waals surface area contributed by atoms with Crippen LogP contribution in [0.25, 0.3) is 0 Å². The molecule has 2 aliphatic carbocycles. The predicted molar refractivity (Wildman–Crippen MR) is 118 cm³/mol. The molecular weight excluding hydrogens is 404 g/mol. The Hall–Kier alpha value is -1.80. The van der Waals surface area contributed by atoms with Gasteiger partial charge in [-0.05, 0) is 63.0 Å². The fourth-order valence-electron chi connectivity index (χ4n) is 4.69. The van der Waals surface area contributed by atoms with E-state index in [0.29, 0.717) is 11.0 Å². The molecule has 1 heterocycles. The van der Waals surface area contributed by atoms with Gasteiger partial charge in [0.15, 0.2) is 4.34 Å². The number of ether oxygens (including phenoxy) is 1. The van der Waals surface area contributed by atoms with Crippen molar-refractivity contribution in [2.75, 3.05) is 12.4 Å². The lowest BCUT2D eigenvalue weighted by atomic mass is 9.84. The van der Waals surface area contributed by atoms with Crippen molar-refractivity contribution in [3.63, 3.8) is 0 Å². The summed E-state index contributed by atoms with van der Waals surface area (Å²) < 4.78 is 6.02. The maximum absolute atomic E-state index is 12.7. The van der Waals surface area contributed by atoms with Crippen LogP contribution in [-0.4, -0.2) is 34.5 Å². The lowest BCUT2D eigenvalue weighted by molar-refractivity contribution is -0.121. The van der Waals surface area contributed by atoms with E-state index in [1.54, 1.807) is 7.11 Å². The van der Waals surface area contributed by atoms with Gasteiger partial charge in [-0.3, -0.25) is 4.79 Å². The van der Waals surface area contributed by atoms with Gasteiger partial charge in [-0.25, -0.2) is 0 Å². The van der Waals surface area contributed by atoms with Gasteiger partial charge in [0.2, 0.25) is 11.0 Å². The van der Waals surface area contributed by atoms with E-state index >= 15 is 0 Å². The number of hydrogen-bond acceptors (Lipinski definition) is 7. The summed E-state index contributed by atoms with van der Waals surface area (Å²) in [7, 11) is 1.64. The van der Waals surface area contributed by atoms with E-state index in [1.165, 1.54) is 48.8 Å². The fraction of sp³-hybridized carbons (Fsp3) is 0.571. The largest absolute Gasteiger partial charge is 0.497 e. The second-order valence-electron chi connectivity index (χ2n) is 8.13. The van der Waals surface area contributed by atoms with Crippen molar-refractivity contribution in [2.24, 2.45) is 17.8 Å². The number of carbonyl (C=O) groups excluding carboxylic acids is 1. The normalized spacial score (nSPS) is 24.9. The first kappa shape index (κ1) is 20.5. The Morgan fingerprint density at radius 2 is 2.14 bits per heavy atom. The first-order valence-electron chi connectivity index (χ1n) is 10.2. The van der Waals surface area contributed by atoms with E-state index in [-0.39, 0.29) is 17.2 Å². The molecule has 8 heteroatoms. The Morgan fingerprint density at radius 3 is 2.86 bits per heavy atom. The van der Waals surface area contributed by atoms with Crippen molar-refractivity contribution in [3.05, 3.63) is 24.3 Å². The molecule has 156 valence electrons.